The predicted molar refractivity (Wildman–Crippen MR) is 118 cm³/mol. The Morgan fingerprint density at radius 2 is 1.52 bits per heavy atom. The van der Waals surface area contributed by atoms with Crippen molar-refractivity contribution in [3.63, 3.8) is 0 Å². The minimum atomic E-state index is -0.579. The minimum absolute atomic E-state index is 0.0375. The zero-order valence-corrected chi connectivity index (χ0v) is 17.9. The number of nitrogens with zero attached hydrogens (tertiary/aromatic N) is 3. The van der Waals surface area contributed by atoms with Crippen LogP contribution in [0.15, 0.2) is 63.1 Å². The van der Waals surface area contributed by atoms with E-state index in [0.29, 0.717) is 22.7 Å². The highest BCUT2D eigenvalue weighted by Gasteiger charge is 2.47. The first-order chi connectivity index (χ1) is 13.9. The molecule has 5 rings (SSSR count). The van der Waals surface area contributed by atoms with Crippen LogP contribution in [0.25, 0.3) is 0 Å². The largest absolute Gasteiger partial charge is 0.332 e. The second-order valence-electron chi connectivity index (χ2n) is 7.36. The molecule has 0 N–H and O–H groups in total. The summed E-state index contributed by atoms with van der Waals surface area (Å²) in [6, 6.07) is 15.2. The molecule has 2 aromatic carbocycles. The molecule has 0 bridgehead atoms. The predicted octanol–water partition coefficient (Wildman–Crippen LogP) is 2.77. The quantitative estimate of drug-likeness (QED) is 0.486. The van der Waals surface area contributed by atoms with Crippen molar-refractivity contribution >= 4 is 39.9 Å². The van der Waals surface area contributed by atoms with Crippen LogP contribution in [-0.4, -0.2) is 20.6 Å². The molecule has 0 saturated carbocycles. The number of hydrogen-bond donors (Lipinski definition) is 0. The van der Waals surface area contributed by atoms with Crippen LogP contribution in [0.4, 0.5) is 5.82 Å². The number of benzene rings is 2. The van der Waals surface area contributed by atoms with E-state index in [9.17, 15) is 14.4 Å². The second kappa shape index (κ2) is 6.35. The topological polar surface area (TPSA) is 73.4 Å². The zero-order valence-electron chi connectivity index (χ0n) is 15.7. The third kappa shape index (κ3) is 2.46. The van der Waals surface area contributed by atoms with Gasteiger partial charge in [-0.2, -0.15) is 0 Å². The van der Waals surface area contributed by atoms with E-state index >= 15 is 0 Å². The average molecular weight is 497 g/mol. The fraction of sp³-hybridized carbons (Fsp3) is 0.182. The molecule has 0 spiro atoms. The number of hydrogen-bond acceptors (Lipinski definition) is 4. The zero-order chi connectivity index (χ0) is 20.4. The van der Waals surface area contributed by atoms with Crippen LogP contribution in [-0.2, 0) is 14.1 Å². The number of carbonyl (C=O) groups is 1. The van der Waals surface area contributed by atoms with Crippen molar-refractivity contribution in [2.75, 3.05) is 0 Å². The lowest BCUT2D eigenvalue weighted by atomic mass is 9.76. The van der Waals surface area contributed by atoms with Crippen molar-refractivity contribution in [3.8, 4) is 0 Å². The fourth-order valence-corrected chi connectivity index (χ4v) is 4.76. The molecule has 1 aliphatic carbocycles. The molecule has 3 aromatic rings. The summed E-state index contributed by atoms with van der Waals surface area (Å²) >= 11 is 2.22. The lowest BCUT2D eigenvalue weighted by Crippen LogP contribution is -2.43. The van der Waals surface area contributed by atoms with Crippen molar-refractivity contribution < 1.29 is 4.79 Å². The maximum Gasteiger partial charge on any atom is 0.332 e. The summed E-state index contributed by atoms with van der Waals surface area (Å²) in [5.41, 5.74) is 2.43. The first-order valence-electron chi connectivity index (χ1n) is 9.17. The lowest BCUT2D eigenvalue weighted by Gasteiger charge is -2.29. The highest BCUT2D eigenvalue weighted by Crippen LogP contribution is 2.46. The van der Waals surface area contributed by atoms with Crippen LogP contribution in [0, 0.1) is 9.49 Å². The van der Waals surface area contributed by atoms with Gasteiger partial charge >= 0.3 is 5.69 Å². The Morgan fingerprint density at radius 1 is 0.862 bits per heavy atom. The van der Waals surface area contributed by atoms with Gasteiger partial charge < -0.3 is 0 Å². The maximum atomic E-state index is 13.4. The summed E-state index contributed by atoms with van der Waals surface area (Å²) in [7, 11) is 3.07. The van der Waals surface area contributed by atoms with Gasteiger partial charge in [0.25, 0.3) is 5.56 Å². The van der Waals surface area contributed by atoms with Gasteiger partial charge in [-0.3, -0.25) is 18.7 Å². The van der Waals surface area contributed by atoms with Crippen LogP contribution in [0.1, 0.15) is 33.0 Å². The van der Waals surface area contributed by atoms with Crippen molar-refractivity contribution in [1.82, 2.24) is 9.13 Å². The van der Waals surface area contributed by atoms with E-state index < -0.39 is 23.1 Å². The molecule has 1 aliphatic heterocycles. The maximum absolute atomic E-state index is 13.4. The van der Waals surface area contributed by atoms with E-state index in [4.69, 9.17) is 4.99 Å². The van der Waals surface area contributed by atoms with Gasteiger partial charge in [0.15, 0.2) is 5.78 Å². The number of halogens is 1. The molecule has 29 heavy (non-hydrogen) atoms. The molecular formula is C22H16IN3O3. The average Bonchev–Trinajstić information content (AvgIpc) is 3.02. The number of fused-ring (bicyclic) bond motifs is 4. The summed E-state index contributed by atoms with van der Waals surface area (Å²) in [5.74, 6) is -0.785. The van der Waals surface area contributed by atoms with Gasteiger partial charge in [-0.1, -0.05) is 36.4 Å². The monoisotopic (exact) mass is 497 g/mol. The smallest absolute Gasteiger partial charge is 0.293 e. The SMILES string of the molecule is Cn1c2c(c(=O)n(C)c1=O)[C@@H](c1ccc(I)cc1)[C@H]1C(=O)c3ccccc3C1=N2. The van der Waals surface area contributed by atoms with Gasteiger partial charge in [0.1, 0.15) is 5.82 Å². The van der Waals surface area contributed by atoms with E-state index in [2.05, 4.69) is 22.6 Å². The third-order valence-corrected chi connectivity index (χ3v) is 6.53. The normalized spacial score (nSPS) is 19.4. The van der Waals surface area contributed by atoms with Gasteiger partial charge in [0.2, 0.25) is 0 Å². The Morgan fingerprint density at radius 3 is 2.21 bits per heavy atom. The van der Waals surface area contributed by atoms with Gasteiger partial charge in [0.05, 0.1) is 17.2 Å². The van der Waals surface area contributed by atoms with E-state index in [1.165, 1.54) is 11.6 Å². The van der Waals surface area contributed by atoms with Crippen LogP contribution in [0.2, 0.25) is 0 Å². The second-order valence-corrected chi connectivity index (χ2v) is 8.60. The number of carbonyl (C=O) groups excluding carboxylic acids is 1. The molecule has 6 nitrogen and oxygen atoms in total. The Labute approximate surface area is 179 Å². The first kappa shape index (κ1) is 18.2. The molecular weight excluding hydrogens is 481 g/mol. The standard InChI is InChI=1S/C22H16IN3O3/c1-25-20-17(21(28)26(2)22(25)29)15(11-7-9-12(23)10-8-11)16-18(24-20)13-5-3-4-6-14(13)19(16)27/h3-10,15-16H,1-2H3/t15-,16+/m0/s1. The van der Waals surface area contributed by atoms with Crippen LogP contribution in [0.3, 0.4) is 0 Å². The van der Waals surface area contributed by atoms with E-state index in [0.717, 1.165) is 19.3 Å². The highest BCUT2D eigenvalue weighted by molar-refractivity contribution is 14.1. The molecule has 0 radical (unpaired) electrons. The van der Waals surface area contributed by atoms with Gasteiger partial charge in [-0.15, -0.1) is 0 Å². The Bertz CT molecular complexity index is 1350. The van der Waals surface area contributed by atoms with E-state index in [1.54, 1.807) is 13.1 Å². The summed E-state index contributed by atoms with van der Waals surface area (Å²) in [6.07, 6.45) is 0. The Kier molecular flexibility index (Phi) is 3.99. The molecule has 0 fully saturated rings. The molecule has 7 heteroatoms. The first-order valence-corrected chi connectivity index (χ1v) is 10.3. The Balaban J connectivity index is 1.90. The molecule has 2 heterocycles. The fourth-order valence-electron chi connectivity index (χ4n) is 4.40. The number of ketones is 1. The van der Waals surface area contributed by atoms with Crippen molar-refractivity contribution in [2.24, 2.45) is 25.0 Å². The third-order valence-electron chi connectivity index (χ3n) is 5.81. The summed E-state index contributed by atoms with van der Waals surface area (Å²) in [6.45, 7) is 0. The van der Waals surface area contributed by atoms with Crippen LogP contribution >= 0.6 is 22.6 Å². The van der Waals surface area contributed by atoms with Crippen molar-refractivity contribution in [3.05, 3.63) is 95.2 Å². The van der Waals surface area contributed by atoms with Crippen LogP contribution in [0.5, 0.6) is 0 Å². The number of aliphatic imine (C=N–C) groups is 1. The summed E-state index contributed by atoms with van der Waals surface area (Å²) in [5, 5.41) is 0. The van der Waals surface area contributed by atoms with Gasteiger partial charge in [0, 0.05) is 34.7 Å². The van der Waals surface area contributed by atoms with Gasteiger partial charge in [-0.25, -0.2) is 9.79 Å². The van der Waals surface area contributed by atoms with Gasteiger partial charge in [-0.05, 0) is 40.3 Å². The molecule has 0 unspecified atom stereocenters. The van der Waals surface area contributed by atoms with E-state index in [-0.39, 0.29) is 5.78 Å². The summed E-state index contributed by atoms with van der Waals surface area (Å²) < 4.78 is 3.54. The lowest BCUT2D eigenvalue weighted by molar-refractivity contribution is 0.0953. The van der Waals surface area contributed by atoms with Crippen molar-refractivity contribution in [2.45, 2.75) is 5.92 Å². The number of aromatic nitrogens is 2. The minimum Gasteiger partial charge on any atom is -0.293 e. The number of Topliss-reactive ketones (excluding diaryl/α,β-unsaturated/α-hetero) is 1. The molecule has 144 valence electrons. The van der Waals surface area contributed by atoms with Crippen molar-refractivity contribution in [1.29, 1.82) is 0 Å². The molecule has 0 amide bonds. The molecule has 2 atom stereocenters. The molecule has 1 aromatic heterocycles. The van der Waals surface area contributed by atoms with Crippen LogP contribution < -0.4 is 11.2 Å². The Hall–Kier alpha value is -2.81. The molecule has 0 saturated heterocycles. The highest BCUT2D eigenvalue weighted by atomic mass is 127. The number of rotatable bonds is 1. The summed E-state index contributed by atoms with van der Waals surface area (Å²) in [4.78, 5) is 43.8. The van der Waals surface area contributed by atoms with E-state index in [1.807, 2.05) is 42.5 Å². The molecule has 2 aliphatic rings.